The van der Waals surface area contributed by atoms with Crippen LogP contribution >= 0.6 is 0 Å². The first-order chi connectivity index (χ1) is 13.8. The van der Waals surface area contributed by atoms with E-state index in [9.17, 15) is 9.59 Å². The number of ether oxygens (including phenoxy) is 1. The fraction of sp³-hybridized carbons (Fsp3) is 0.391. The van der Waals surface area contributed by atoms with Crippen LogP contribution in [0.4, 0.5) is 5.69 Å². The molecular formula is C23H28N2O4. The number of nitrogens with one attached hydrogen (secondary N) is 1. The second-order valence-electron chi connectivity index (χ2n) is 7.91. The highest BCUT2D eigenvalue weighted by atomic mass is 16.7. The number of nitrogens with zero attached hydrogens (tertiary/aromatic N) is 1. The smallest absolute Gasteiger partial charge is 0.337 e. The van der Waals surface area contributed by atoms with Gasteiger partial charge in [-0.25, -0.2) is 9.86 Å². The van der Waals surface area contributed by atoms with Crippen LogP contribution in [0.3, 0.4) is 0 Å². The molecule has 0 aromatic heterocycles. The van der Waals surface area contributed by atoms with Crippen molar-refractivity contribution in [2.45, 2.75) is 33.2 Å². The number of carbonyl (C=O) groups is 2. The van der Waals surface area contributed by atoms with E-state index in [0.717, 1.165) is 23.2 Å². The van der Waals surface area contributed by atoms with E-state index in [0.29, 0.717) is 17.7 Å². The zero-order chi connectivity index (χ0) is 21.2. The lowest BCUT2D eigenvalue weighted by atomic mass is 9.72. The van der Waals surface area contributed by atoms with Gasteiger partial charge in [0.1, 0.15) is 0 Å². The van der Waals surface area contributed by atoms with Gasteiger partial charge in [0.2, 0.25) is 0 Å². The molecule has 0 spiro atoms. The van der Waals surface area contributed by atoms with E-state index in [4.69, 9.17) is 9.57 Å². The summed E-state index contributed by atoms with van der Waals surface area (Å²) in [6, 6.07) is 13.3. The van der Waals surface area contributed by atoms with E-state index in [-0.39, 0.29) is 23.3 Å². The summed E-state index contributed by atoms with van der Waals surface area (Å²) >= 11 is 0. The quantitative estimate of drug-likeness (QED) is 0.605. The molecule has 6 nitrogen and oxygen atoms in total. The number of esters is 1. The van der Waals surface area contributed by atoms with E-state index in [1.165, 1.54) is 19.3 Å². The monoisotopic (exact) mass is 396 g/mol. The summed E-state index contributed by atoms with van der Waals surface area (Å²) in [5.74, 6) is -0.494. The molecule has 154 valence electrons. The Hall–Kier alpha value is -2.86. The summed E-state index contributed by atoms with van der Waals surface area (Å²) in [7, 11) is 2.88. The van der Waals surface area contributed by atoms with E-state index in [1.54, 1.807) is 12.1 Å². The van der Waals surface area contributed by atoms with Gasteiger partial charge in [0.05, 0.1) is 25.8 Å². The fourth-order valence-electron chi connectivity index (χ4n) is 3.95. The van der Waals surface area contributed by atoms with Crippen LogP contribution in [-0.4, -0.2) is 37.7 Å². The predicted molar refractivity (Wildman–Crippen MR) is 112 cm³/mol. The highest BCUT2D eigenvalue weighted by molar-refractivity contribution is 5.93. The maximum Gasteiger partial charge on any atom is 0.337 e. The zero-order valence-electron chi connectivity index (χ0n) is 17.6. The van der Waals surface area contributed by atoms with Crippen LogP contribution < -0.4 is 5.32 Å². The Morgan fingerprint density at radius 1 is 1.14 bits per heavy atom. The molecule has 0 bridgehead atoms. The number of hydrogen-bond acceptors (Lipinski definition) is 5. The Labute approximate surface area is 171 Å². The van der Waals surface area contributed by atoms with Gasteiger partial charge >= 0.3 is 5.97 Å². The van der Waals surface area contributed by atoms with E-state index in [2.05, 4.69) is 19.2 Å². The molecule has 2 aromatic carbocycles. The van der Waals surface area contributed by atoms with E-state index < -0.39 is 0 Å². The minimum absolute atomic E-state index is 0.0179. The maximum absolute atomic E-state index is 12.7. The molecule has 0 radical (unpaired) electrons. The van der Waals surface area contributed by atoms with Crippen LogP contribution in [-0.2, 0) is 16.0 Å². The first kappa shape index (κ1) is 20.9. The SMILES string of the molecule is CCN(OC)C(=O)c1cccc(C2Nc3ccc(C(=O)OC)cc3CC2(C)C)c1. The largest absolute Gasteiger partial charge is 0.465 e. The lowest BCUT2D eigenvalue weighted by molar-refractivity contribution is -0.0915. The standard InChI is InChI=1S/C23H28N2O4/c1-6-25(29-5)21(26)16-9-7-8-15(12-16)20-23(2,3)14-18-13-17(22(27)28-4)10-11-19(18)24-20/h7-13,20,24H,6,14H2,1-5H3. The van der Waals surface area contributed by atoms with Crippen molar-refractivity contribution in [3.8, 4) is 0 Å². The molecule has 1 unspecified atom stereocenters. The van der Waals surface area contributed by atoms with Crippen molar-refractivity contribution in [3.05, 3.63) is 64.7 Å². The third-order valence-electron chi connectivity index (χ3n) is 5.45. The van der Waals surface area contributed by atoms with Crippen molar-refractivity contribution < 1.29 is 19.2 Å². The van der Waals surface area contributed by atoms with Crippen molar-refractivity contribution in [3.63, 3.8) is 0 Å². The molecule has 1 N–H and O–H groups in total. The van der Waals surface area contributed by atoms with Crippen LogP contribution in [0.15, 0.2) is 42.5 Å². The van der Waals surface area contributed by atoms with Gasteiger partial charge in [-0.3, -0.25) is 9.63 Å². The number of methoxy groups -OCH3 is 1. The minimum atomic E-state index is -0.336. The minimum Gasteiger partial charge on any atom is -0.465 e. The first-order valence-corrected chi connectivity index (χ1v) is 9.74. The number of hydrogen-bond donors (Lipinski definition) is 1. The second kappa shape index (κ2) is 8.25. The molecule has 6 heteroatoms. The molecule has 1 amide bonds. The summed E-state index contributed by atoms with van der Waals surface area (Å²) in [5, 5.41) is 4.94. The molecule has 0 saturated carbocycles. The van der Waals surface area contributed by atoms with Gasteiger partial charge in [-0.2, -0.15) is 0 Å². The number of fused-ring (bicyclic) bond motifs is 1. The van der Waals surface area contributed by atoms with Crippen molar-refractivity contribution >= 4 is 17.6 Å². The normalized spacial score (nSPS) is 17.1. The van der Waals surface area contributed by atoms with E-state index >= 15 is 0 Å². The summed E-state index contributed by atoms with van der Waals surface area (Å²) in [4.78, 5) is 29.7. The van der Waals surface area contributed by atoms with Crippen LogP contribution in [0.25, 0.3) is 0 Å². The zero-order valence-corrected chi connectivity index (χ0v) is 17.6. The molecule has 29 heavy (non-hydrogen) atoms. The Morgan fingerprint density at radius 3 is 2.55 bits per heavy atom. The average molecular weight is 396 g/mol. The molecule has 1 aliphatic rings. The fourth-order valence-corrected chi connectivity index (χ4v) is 3.95. The Balaban J connectivity index is 1.93. The highest BCUT2D eigenvalue weighted by Gasteiger charge is 2.36. The second-order valence-corrected chi connectivity index (χ2v) is 7.91. The summed E-state index contributed by atoms with van der Waals surface area (Å²) in [6.45, 7) is 6.71. The molecule has 1 heterocycles. The molecular weight excluding hydrogens is 368 g/mol. The number of carbonyl (C=O) groups excluding carboxylic acids is 2. The number of benzene rings is 2. The van der Waals surface area contributed by atoms with Crippen molar-refractivity contribution in [2.24, 2.45) is 5.41 Å². The Bertz CT molecular complexity index is 919. The summed E-state index contributed by atoms with van der Waals surface area (Å²) in [5.41, 5.74) is 4.12. The summed E-state index contributed by atoms with van der Waals surface area (Å²) < 4.78 is 4.84. The lowest BCUT2D eigenvalue weighted by Crippen LogP contribution is -2.35. The van der Waals surface area contributed by atoms with Crippen molar-refractivity contribution in [1.29, 1.82) is 0 Å². The molecule has 0 aliphatic carbocycles. The molecule has 0 fully saturated rings. The number of amides is 1. The van der Waals surface area contributed by atoms with Gasteiger partial charge in [0, 0.05) is 17.8 Å². The van der Waals surface area contributed by atoms with Crippen LogP contribution in [0.1, 0.15) is 58.7 Å². The Morgan fingerprint density at radius 2 is 1.90 bits per heavy atom. The van der Waals surface area contributed by atoms with Gasteiger partial charge in [0.25, 0.3) is 5.91 Å². The van der Waals surface area contributed by atoms with Crippen molar-refractivity contribution in [1.82, 2.24) is 5.06 Å². The predicted octanol–water partition coefficient (Wildman–Crippen LogP) is 4.23. The molecule has 0 saturated heterocycles. The third-order valence-corrected chi connectivity index (χ3v) is 5.45. The molecule has 1 aliphatic heterocycles. The molecule has 2 aromatic rings. The first-order valence-electron chi connectivity index (χ1n) is 9.74. The molecule has 3 rings (SSSR count). The average Bonchev–Trinajstić information content (AvgIpc) is 2.72. The van der Waals surface area contributed by atoms with Gasteiger partial charge < -0.3 is 10.1 Å². The number of hydroxylamine groups is 2. The topological polar surface area (TPSA) is 67.9 Å². The number of anilines is 1. The van der Waals surface area contributed by atoms with Gasteiger partial charge in [0.15, 0.2) is 0 Å². The number of rotatable bonds is 5. The van der Waals surface area contributed by atoms with Crippen LogP contribution in [0.5, 0.6) is 0 Å². The summed E-state index contributed by atoms with van der Waals surface area (Å²) in [6.07, 6.45) is 0.794. The van der Waals surface area contributed by atoms with Crippen LogP contribution in [0, 0.1) is 5.41 Å². The lowest BCUT2D eigenvalue weighted by Gasteiger charge is -2.41. The highest BCUT2D eigenvalue weighted by Crippen LogP contribution is 2.45. The van der Waals surface area contributed by atoms with Gasteiger partial charge in [-0.1, -0.05) is 26.0 Å². The van der Waals surface area contributed by atoms with Crippen LogP contribution in [0.2, 0.25) is 0 Å². The Kier molecular flexibility index (Phi) is 5.94. The molecule has 1 atom stereocenters. The van der Waals surface area contributed by atoms with Gasteiger partial charge in [-0.15, -0.1) is 0 Å². The third kappa shape index (κ3) is 4.12. The maximum atomic E-state index is 12.7. The van der Waals surface area contributed by atoms with Gasteiger partial charge in [-0.05, 0) is 60.2 Å². The van der Waals surface area contributed by atoms with E-state index in [1.807, 2.05) is 37.3 Å². The van der Waals surface area contributed by atoms with Crippen molar-refractivity contribution in [2.75, 3.05) is 26.1 Å².